The quantitative estimate of drug-likeness (QED) is 0.440. The molecule has 1 aliphatic carbocycles. The van der Waals surface area contributed by atoms with Crippen LogP contribution in [-0.2, 0) is 13.6 Å². The predicted octanol–water partition coefficient (Wildman–Crippen LogP) is 5.12. The molecule has 0 radical (unpaired) electrons. The first-order valence-corrected chi connectivity index (χ1v) is 11.8. The highest BCUT2D eigenvalue weighted by Gasteiger charge is 2.29. The van der Waals surface area contributed by atoms with Gasteiger partial charge in [0.2, 0.25) is 5.88 Å². The van der Waals surface area contributed by atoms with Crippen molar-refractivity contribution in [2.24, 2.45) is 18.9 Å². The fourth-order valence-corrected chi connectivity index (χ4v) is 4.00. The van der Waals surface area contributed by atoms with Gasteiger partial charge in [-0.15, -0.1) is 0 Å². The average molecular weight is 450 g/mol. The summed E-state index contributed by atoms with van der Waals surface area (Å²) in [5.74, 6) is 3.08. The van der Waals surface area contributed by atoms with E-state index in [2.05, 4.69) is 30.9 Å². The molecule has 1 heterocycles. The lowest BCUT2D eigenvalue weighted by molar-refractivity contribution is 0.0709. The molecule has 1 atom stereocenters. The van der Waals surface area contributed by atoms with Gasteiger partial charge in [-0.2, -0.15) is 5.10 Å². The fourth-order valence-electron chi connectivity index (χ4n) is 4.00. The molecular weight excluding hydrogens is 414 g/mol. The molecule has 2 aromatic carbocycles. The molecule has 0 aliphatic heterocycles. The molecule has 4 rings (SSSR count). The maximum Gasteiger partial charge on any atom is 0.222 e. The minimum Gasteiger partial charge on any atom is -0.497 e. The van der Waals surface area contributed by atoms with Crippen LogP contribution in [0.4, 0.5) is 0 Å². The lowest BCUT2D eigenvalue weighted by atomic mass is 10.0. The number of ether oxygens (including phenoxy) is 2. The van der Waals surface area contributed by atoms with Crippen molar-refractivity contribution in [1.82, 2.24) is 14.7 Å². The molecule has 6 heteroatoms. The van der Waals surface area contributed by atoms with E-state index in [1.54, 1.807) is 7.11 Å². The van der Waals surface area contributed by atoms with Crippen LogP contribution in [0.1, 0.15) is 32.3 Å². The Bertz CT molecular complexity index is 1040. The lowest BCUT2D eigenvalue weighted by Crippen LogP contribution is -2.36. The van der Waals surface area contributed by atoms with Crippen molar-refractivity contribution in [3.05, 3.63) is 60.2 Å². The second-order valence-electron chi connectivity index (χ2n) is 9.35. The predicted molar refractivity (Wildman–Crippen MR) is 131 cm³/mol. The molecule has 176 valence electrons. The summed E-state index contributed by atoms with van der Waals surface area (Å²) < 4.78 is 13.6. The number of nitrogens with zero attached hydrogens (tertiary/aromatic N) is 3. The van der Waals surface area contributed by atoms with E-state index in [1.165, 1.54) is 12.8 Å². The number of aliphatic hydroxyl groups excluding tert-OH is 1. The van der Waals surface area contributed by atoms with E-state index in [9.17, 15) is 5.11 Å². The second-order valence-corrected chi connectivity index (χ2v) is 9.35. The Kier molecular flexibility index (Phi) is 7.36. The number of aryl methyl sites for hydroxylation is 1. The van der Waals surface area contributed by atoms with Gasteiger partial charge in [0.25, 0.3) is 0 Å². The summed E-state index contributed by atoms with van der Waals surface area (Å²) in [7, 11) is 3.57. The van der Waals surface area contributed by atoms with E-state index < -0.39 is 0 Å². The van der Waals surface area contributed by atoms with E-state index in [-0.39, 0.29) is 12.0 Å². The van der Waals surface area contributed by atoms with Gasteiger partial charge in [-0.3, -0.25) is 4.90 Å². The Labute approximate surface area is 196 Å². The van der Waals surface area contributed by atoms with E-state index in [0.717, 1.165) is 29.1 Å². The van der Waals surface area contributed by atoms with Gasteiger partial charge < -0.3 is 14.6 Å². The minimum absolute atomic E-state index is 0.210. The smallest absolute Gasteiger partial charge is 0.222 e. The van der Waals surface area contributed by atoms with Crippen molar-refractivity contribution in [2.75, 3.05) is 20.2 Å². The van der Waals surface area contributed by atoms with Gasteiger partial charge >= 0.3 is 0 Å². The summed E-state index contributed by atoms with van der Waals surface area (Å²) in [4.78, 5) is 2.37. The van der Waals surface area contributed by atoms with Gasteiger partial charge in [0, 0.05) is 38.3 Å². The van der Waals surface area contributed by atoms with Crippen LogP contribution in [0, 0.1) is 11.8 Å². The largest absolute Gasteiger partial charge is 0.497 e. The molecule has 6 nitrogen and oxygen atoms in total. The Balaban J connectivity index is 1.70. The number of hydrogen-bond donors (Lipinski definition) is 1. The minimum atomic E-state index is -0.372. The van der Waals surface area contributed by atoms with Crippen LogP contribution < -0.4 is 9.47 Å². The molecule has 1 saturated carbocycles. The topological polar surface area (TPSA) is 59.8 Å². The van der Waals surface area contributed by atoms with Crippen LogP contribution in [0.25, 0.3) is 11.3 Å². The second kappa shape index (κ2) is 10.4. The van der Waals surface area contributed by atoms with E-state index in [4.69, 9.17) is 14.6 Å². The summed E-state index contributed by atoms with van der Waals surface area (Å²) >= 11 is 0. The normalized spacial score (nSPS) is 14.6. The summed E-state index contributed by atoms with van der Waals surface area (Å²) in [5.41, 5.74) is 3.00. The third-order valence-electron chi connectivity index (χ3n) is 6.20. The first-order valence-electron chi connectivity index (χ1n) is 11.8. The van der Waals surface area contributed by atoms with Crippen LogP contribution in [0.15, 0.2) is 54.6 Å². The summed E-state index contributed by atoms with van der Waals surface area (Å²) in [6, 6.07) is 17.8. The first-order chi connectivity index (χ1) is 15.9. The van der Waals surface area contributed by atoms with Crippen molar-refractivity contribution in [3.8, 4) is 28.6 Å². The van der Waals surface area contributed by atoms with Gasteiger partial charge in [0.15, 0.2) is 0 Å². The molecule has 1 aliphatic rings. The lowest BCUT2D eigenvalue weighted by Gasteiger charge is -2.27. The number of hydrogen-bond acceptors (Lipinski definition) is 5. The Hall–Kier alpha value is -2.83. The maximum atomic E-state index is 10.7. The van der Waals surface area contributed by atoms with Gasteiger partial charge in [0.1, 0.15) is 17.2 Å². The highest BCUT2D eigenvalue weighted by molar-refractivity contribution is 5.65. The van der Waals surface area contributed by atoms with Crippen molar-refractivity contribution in [3.63, 3.8) is 0 Å². The van der Waals surface area contributed by atoms with E-state index in [0.29, 0.717) is 30.6 Å². The molecule has 3 aromatic rings. The van der Waals surface area contributed by atoms with Crippen LogP contribution in [0.2, 0.25) is 0 Å². The zero-order chi connectivity index (χ0) is 23.4. The van der Waals surface area contributed by atoms with Gasteiger partial charge in [-0.05, 0) is 36.8 Å². The van der Waals surface area contributed by atoms with Gasteiger partial charge in [0.05, 0.1) is 18.8 Å². The van der Waals surface area contributed by atoms with Crippen LogP contribution in [0.5, 0.6) is 17.4 Å². The Morgan fingerprint density at radius 1 is 1.09 bits per heavy atom. The SMILES string of the molecule is COc1cccc(Oc2c(CN(CC3CC3)C[C@H](O)C(C)C)c(-c3ccccc3)nn2C)c1. The highest BCUT2D eigenvalue weighted by atomic mass is 16.5. The fraction of sp³-hybridized carbons (Fsp3) is 0.444. The molecule has 1 fully saturated rings. The first kappa shape index (κ1) is 23.3. The molecule has 0 bridgehead atoms. The Morgan fingerprint density at radius 2 is 1.82 bits per heavy atom. The van der Waals surface area contributed by atoms with Gasteiger partial charge in [-0.25, -0.2) is 4.68 Å². The molecular formula is C27H35N3O3. The summed E-state index contributed by atoms with van der Waals surface area (Å²) in [6.07, 6.45) is 2.16. The molecule has 1 N–H and O–H groups in total. The van der Waals surface area contributed by atoms with Crippen LogP contribution in [0.3, 0.4) is 0 Å². The van der Waals surface area contributed by atoms with Crippen molar-refractivity contribution < 1.29 is 14.6 Å². The number of aliphatic hydroxyl groups is 1. The number of aromatic nitrogens is 2. The van der Waals surface area contributed by atoms with Crippen molar-refractivity contribution >= 4 is 0 Å². The number of rotatable bonds is 11. The molecule has 0 saturated heterocycles. The third kappa shape index (κ3) is 5.95. The summed E-state index contributed by atoms with van der Waals surface area (Å²) in [6.45, 7) is 6.41. The third-order valence-corrected chi connectivity index (χ3v) is 6.20. The molecule has 0 spiro atoms. The zero-order valence-corrected chi connectivity index (χ0v) is 20.1. The Morgan fingerprint density at radius 3 is 2.48 bits per heavy atom. The highest BCUT2D eigenvalue weighted by Crippen LogP contribution is 2.36. The van der Waals surface area contributed by atoms with E-state index >= 15 is 0 Å². The average Bonchev–Trinajstić information content (AvgIpc) is 3.59. The van der Waals surface area contributed by atoms with Crippen molar-refractivity contribution in [1.29, 1.82) is 0 Å². The van der Waals surface area contributed by atoms with E-state index in [1.807, 2.05) is 54.2 Å². The summed E-state index contributed by atoms with van der Waals surface area (Å²) in [5, 5.41) is 15.5. The molecule has 1 aromatic heterocycles. The number of benzene rings is 2. The maximum absolute atomic E-state index is 10.7. The van der Waals surface area contributed by atoms with Crippen LogP contribution in [-0.4, -0.2) is 46.1 Å². The molecule has 33 heavy (non-hydrogen) atoms. The molecule has 0 unspecified atom stereocenters. The van der Waals surface area contributed by atoms with Crippen molar-refractivity contribution in [2.45, 2.75) is 39.3 Å². The van der Waals surface area contributed by atoms with Gasteiger partial charge in [-0.1, -0.05) is 50.2 Å². The monoisotopic (exact) mass is 449 g/mol. The molecule has 0 amide bonds. The number of methoxy groups -OCH3 is 1. The zero-order valence-electron chi connectivity index (χ0n) is 20.1. The standard InChI is InChI=1S/C27H35N3O3/c1-19(2)25(31)18-30(16-20-13-14-20)17-24-26(21-9-6-5-7-10-21)28-29(3)27(24)33-23-12-8-11-22(15-23)32-4/h5-12,15,19-20,25,31H,13-14,16-18H2,1-4H3/t25-/m0/s1. The van der Waals surface area contributed by atoms with Crippen LogP contribution >= 0.6 is 0 Å².